The number of quaternary nitrogens is 2. The SMILES string of the molecule is CCC(C[N+](C)(C)C)SC(=O)CC(c1ccccc1)(c1ccccc1)c1ccccc1.CCC(C[N+](C)(C)C)SC(=O)CC(c1ccccc1)(c1ccccc1)c1ccccc1.[I-].[I-]. The molecule has 0 aliphatic carbocycles. The van der Waals surface area contributed by atoms with Crippen molar-refractivity contribution in [2.24, 2.45) is 0 Å². The Morgan fingerprint density at radius 2 is 0.578 bits per heavy atom. The summed E-state index contributed by atoms with van der Waals surface area (Å²) in [4.78, 5) is 27.2. The minimum Gasteiger partial charge on any atom is -1.00 e. The zero-order chi connectivity index (χ0) is 44.6. The van der Waals surface area contributed by atoms with E-state index in [9.17, 15) is 9.59 Å². The highest BCUT2D eigenvalue weighted by Crippen LogP contribution is 2.45. The van der Waals surface area contributed by atoms with Crippen LogP contribution in [0.1, 0.15) is 72.9 Å². The lowest BCUT2D eigenvalue weighted by molar-refractivity contribution is -0.869. The summed E-state index contributed by atoms with van der Waals surface area (Å²) in [6, 6.07) is 62.9. The molecule has 0 aliphatic rings. The zero-order valence-electron chi connectivity index (χ0n) is 39.0. The first-order valence-electron chi connectivity index (χ1n) is 22.0. The molecule has 6 aromatic rings. The predicted molar refractivity (Wildman–Crippen MR) is 267 cm³/mol. The number of nitrogens with zero attached hydrogens (tertiary/aromatic N) is 2. The summed E-state index contributed by atoms with van der Waals surface area (Å²) in [5, 5.41) is 1.12. The second-order valence-electron chi connectivity index (χ2n) is 18.3. The van der Waals surface area contributed by atoms with Gasteiger partial charge in [-0.25, -0.2) is 0 Å². The highest BCUT2D eigenvalue weighted by molar-refractivity contribution is 8.14. The Balaban J connectivity index is 0.000000330. The van der Waals surface area contributed by atoms with Gasteiger partial charge in [0.05, 0.1) is 76.7 Å². The number of benzene rings is 6. The molecule has 8 heteroatoms. The molecule has 0 bridgehead atoms. The fourth-order valence-corrected chi connectivity index (χ4v) is 11.3. The van der Waals surface area contributed by atoms with E-state index in [2.05, 4.69) is 202 Å². The molecule has 0 N–H and O–H groups in total. The van der Waals surface area contributed by atoms with Crippen molar-refractivity contribution >= 4 is 33.8 Å². The van der Waals surface area contributed by atoms with Crippen LogP contribution in [-0.2, 0) is 20.4 Å². The summed E-state index contributed by atoms with van der Waals surface area (Å²) in [5.41, 5.74) is 5.90. The largest absolute Gasteiger partial charge is 1.00 e. The smallest absolute Gasteiger partial charge is 0.190 e. The van der Waals surface area contributed by atoms with Gasteiger partial charge in [0.15, 0.2) is 10.2 Å². The van der Waals surface area contributed by atoms with Crippen LogP contribution in [0.3, 0.4) is 0 Å². The third-order valence-electron chi connectivity index (χ3n) is 11.4. The van der Waals surface area contributed by atoms with Gasteiger partial charge in [-0.2, -0.15) is 0 Å². The second kappa shape index (κ2) is 26.2. The van der Waals surface area contributed by atoms with Crippen molar-refractivity contribution in [3.8, 4) is 0 Å². The van der Waals surface area contributed by atoms with E-state index in [0.29, 0.717) is 23.3 Å². The van der Waals surface area contributed by atoms with Crippen molar-refractivity contribution in [2.75, 3.05) is 55.4 Å². The van der Waals surface area contributed by atoms with E-state index < -0.39 is 10.8 Å². The lowest BCUT2D eigenvalue weighted by atomic mass is 9.67. The summed E-state index contributed by atoms with van der Waals surface area (Å²) in [6.07, 6.45) is 2.84. The predicted octanol–water partition coefficient (Wildman–Crippen LogP) is 6.32. The first-order valence-corrected chi connectivity index (χ1v) is 23.8. The van der Waals surface area contributed by atoms with Crippen molar-refractivity contribution in [1.29, 1.82) is 0 Å². The Labute approximate surface area is 428 Å². The zero-order valence-corrected chi connectivity index (χ0v) is 44.9. The van der Waals surface area contributed by atoms with E-state index in [1.165, 1.54) is 23.5 Å². The quantitative estimate of drug-likeness (QED) is 0.0575. The fourth-order valence-electron chi connectivity index (χ4n) is 8.56. The lowest BCUT2D eigenvalue weighted by Gasteiger charge is -2.36. The molecule has 340 valence electrons. The molecule has 0 amide bonds. The van der Waals surface area contributed by atoms with Crippen LogP contribution < -0.4 is 48.0 Å². The molecular formula is C56H68I2N2O2S2. The highest BCUT2D eigenvalue weighted by Gasteiger charge is 2.40. The first kappa shape index (κ1) is 55.1. The molecule has 0 saturated heterocycles. The van der Waals surface area contributed by atoms with Gasteiger partial charge in [-0.05, 0) is 46.2 Å². The summed E-state index contributed by atoms with van der Waals surface area (Å²) in [5.74, 6) is 0. The van der Waals surface area contributed by atoms with Crippen molar-refractivity contribution in [1.82, 2.24) is 0 Å². The standard InChI is InChI=1S/2C28H34NOS.2HI/c2*1-5-26(22-29(2,3)4)31-27(30)21-28(23-15-9-6-10-16-23,24-17-11-7-12-18-24)25-19-13-8-14-20-25;;/h2*6-20,26H,5,21-22H2,1-4H3;2*1H/q2*+1;;/p-2. The molecular weight excluding hydrogens is 1050 g/mol. The third kappa shape index (κ3) is 15.4. The summed E-state index contributed by atoms with van der Waals surface area (Å²) in [7, 11) is 13.1. The van der Waals surface area contributed by atoms with Gasteiger partial charge in [-0.3, -0.25) is 9.59 Å². The van der Waals surface area contributed by atoms with Gasteiger partial charge in [-0.15, -0.1) is 0 Å². The van der Waals surface area contributed by atoms with Crippen molar-refractivity contribution < 1.29 is 66.5 Å². The Kier molecular flexibility index (Phi) is 22.5. The van der Waals surface area contributed by atoms with Gasteiger partial charge in [-0.1, -0.05) is 219 Å². The van der Waals surface area contributed by atoms with E-state index in [0.717, 1.165) is 68.3 Å². The number of hydrogen-bond donors (Lipinski definition) is 0. The average molecular weight is 1120 g/mol. The van der Waals surface area contributed by atoms with E-state index in [-0.39, 0.29) is 58.2 Å². The van der Waals surface area contributed by atoms with Gasteiger partial charge in [0.25, 0.3) is 0 Å². The maximum Gasteiger partial charge on any atom is 0.190 e. The topological polar surface area (TPSA) is 34.1 Å². The van der Waals surface area contributed by atoms with Crippen LogP contribution in [0.5, 0.6) is 0 Å². The molecule has 64 heavy (non-hydrogen) atoms. The average Bonchev–Trinajstić information content (AvgIpc) is 3.28. The number of thioether (sulfide) groups is 2. The minimum atomic E-state index is -0.511. The summed E-state index contributed by atoms with van der Waals surface area (Å²) in [6.45, 7) is 6.31. The van der Waals surface area contributed by atoms with Crippen LogP contribution in [0.4, 0.5) is 0 Å². The molecule has 0 saturated carbocycles. The van der Waals surface area contributed by atoms with Gasteiger partial charge in [0.2, 0.25) is 0 Å². The van der Waals surface area contributed by atoms with E-state index in [1.807, 2.05) is 36.4 Å². The van der Waals surface area contributed by atoms with Crippen LogP contribution in [0.15, 0.2) is 182 Å². The van der Waals surface area contributed by atoms with Gasteiger partial charge < -0.3 is 56.9 Å². The molecule has 0 fully saturated rings. The van der Waals surface area contributed by atoms with Gasteiger partial charge >= 0.3 is 0 Å². The maximum absolute atomic E-state index is 13.6. The molecule has 4 nitrogen and oxygen atoms in total. The van der Waals surface area contributed by atoms with Gasteiger partial charge in [0, 0.05) is 12.8 Å². The minimum absolute atomic E-state index is 0. The molecule has 0 spiro atoms. The summed E-state index contributed by atoms with van der Waals surface area (Å²) < 4.78 is 1.72. The van der Waals surface area contributed by atoms with Crippen LogP contribution in [0, 0.1) is 0 Å². The molecule has 0 heterocycles. The highest BCUT2D eigenvalue weighted by atomic mass is 127. The molecule has 6 aromatic carbocycles. The Morgan fingerprint density at radius 1 is 0.391 bits per heavy atom. The number of halogens is 2. The normalized spacial score (nSPS) is 12.6. The Hall–Kier alpha value is -3.26. The van der Waals surface area contributed by atoms with E-state index in [4.69, 9.17) is 0 Å². The van der Waals surface area contributed by atoms with Crippen molar-refractivity contribution in [3.63, 3.8) is 0 Å². The number of rotatable bonds is 18. The second-order valence-corrected chi connectivity index (χ2v) is 21.1. The van der Waals surface area contributed by atoms with Crippen molar-refractivity contribution in [3.05, 3.63) is 215 Å². The number of carbonyl (C=O) groups is 2. The third-order valence-corrected chi connectivity index (χ3v) is 13.9. The van der Waals surface area contributed by atoms with Crippen LogP contribution in [0.2, 0.25) is 0 Å². The van der Waals surface area contributed by atoms with Gasteiger partial charge in [0.1, 0.15) is 0 Å². The summed E-state index contributed by atoms with van der Waals surface area (Å²) >= 11 is 3.06. The number of carbonyl (C=O) groups excluding carboxylic acids is 2. The maximum atomic E-state index is 13.6. The monoisotopic (exact) mass is 1120 g/mol. The molecule has 0 aromatic heterocycles. The molecule has 0 aliphatic heterocycles. The Morgan fingerprint density at radius 3 is 0.734 bits per heavy atom. The molecule has 2 unspecified atom stereocenters. The molecule has 0 radical (unpaired) electrons. The molecule has 2 atom stereocenters. The lowest BCUT2D eigenvalue weighted by Crippen LogP contribution is -3.00. The van der Waals surface area contributed by atoms with Crippen LogP contribution in [0.25, 0.3) is 0 Å². The molecule has 6 rings (SSSR count). The number of hydrogen-bond acceptors (Lipinski definition) is 4. The Bertz CT molecular complexity index is 1880. The van der Waals surface area contributed by atoms with E-state index >= 15 is 0 Å². The van der Waals surface area contributed by atoms with Crippen molar-refractivity contribution in [2.45, 2.75) is 60.9 Å². The van der Waals surface area contributed by atoms with E-state index in [1.54, 1.807) is 0 Å². The van der Waals surface area contributed by atoms with Crippen LogP contribution in [-0.4, -0.2) is 85.1 Å². The first-order chi connectivity index (χ1) is 29.7. The van der Waals surface area contributed by atoms with Crippen LogP contribution >= 0.6 is 23.5 Å². The fraction of sp³-hybridized carbons (Fsp3) is 0.321.